The van der Waals surface area contributed by atoms with Crippen molar-refractivity contribution in [1.82, 2.24) is 5.32 Å². The maximum absolute atomic E-state index is 6.25. The van der Waals surface area contributed by atoms with E-state index in [-0.39, 0.29) is 6.04 Å². The summed E-state index contributed by atoms with van der Waals surface area (Å²) in [5, 5.41) is 4.15. The molecular weight excluding hydrogens is 397 g/mol. The molecule has 0 saturated heterocycles. The van der Waals surface area contributed by atoms with Crippen molar-refractivity contribution in [2.75, 3.05) is 7.05 Å². The van der Waals surface area contributed by atoms with E-state index >= 15 is 0 Å². The van der Waals surface area contributed by atoms with E-state index in [9.17, 15) is 0 Å². The van der Waals surface area contributed by atoms with Gasteiger partial charge in [0.2, 0.25) is 0 Å². The first kappa shape index (κ1) is 15.1. The second-order valence-electron chi connectivity index (χ2n) is 5.28. The normalized spacial score (nSPS) is 15.8. The molecule has 110 valence electrons. The highest BCUT2D eigenvalue weighted by molar-refractivity contribution is 14.1. The molecule has 0 amide bonds. The number of halogens is 2. The summed E-state index contributed by atoms with van der Waals surface area (Å²) in [4.78, 5) is 0. The Morgan fingerprint density at radius 3 is 2.62 bits per heavy atom. The van der Waals surface area contributed by atoms with Crippen molar-refractivity contribution < 1.29 is 4.74 Å². The van der Waals surface area contributed by atoms with E-state index in [1.165, 1.54) is 18.4 Å². The standard InChI is InChI=1S/C17H17ClINO/c1-20-17(12-5-8-16(19)15(18)10-12)11-3-2-4-14(9-11)21-13-6-7-13/h2-5,8-10,13,17,20H,6-7H2,1H3. The molecule has 4 heteroatoms. The molecule has 1 unspecified atom stereocenters. The van der Waals surface area contributed by atoms with Gasteiger partial charge in [-0.1, -0.05) is 29.8 Å². The molecule has 1 aliphatic carbocycles. The van der Waals surface area contributed by atoms with Crippen LogP contribution in [-0.4, -0.2) is 13.2 Å². The predicted octanol–water partition coefficient (Wildman–Crippen LogP) is 4.79. The van der Waals surface area contributed by atoms with E-state index in [4.69, 9.17) is 16.3 Å². The number of rotatable bonds is 5. The van der Waals surface area contributed by atoms with Gasteiger partial charge >= 0.3 is 0 Å². The largest absolute Gasteiger partial charge is 0.490 e. The third-order valence-corrected chi connectivity index (χ3v) is 5.16. The Morgan fingerprint density at radius 2 is 1.95 bits per heavy atom. The van der Waals surface area contributed by atoms with Crippen LogP contribution in [0.3, 0.4) is 0 Å². The summed E-state index contributed by atoms with van der Waals surface area (Å²) in [5.74, 6) is 0.951. The highest BCUT2D eigenvalue weighted by atomic mass is 127. The molecule has 0 spiro atoms. The molecule has 2 aromatic carbocycles. The Hall–Kier alpha value is -0.780. The van der Waals surface area contributed by atoms with Crippen LogP contribution >= 0.6 is 34.2 Å². The molecule has 0 heterocycles. The SMILES string of the molecule is CNC(c1cccc(OC2CC2)c1)c1ccc(I)c(Cl)c1. The molecule has 1 aliphatic rings. The molecule has 0 bridgehead atoms. The van der Waals surface area contributed by atoms with Gasteiger partial charge in [0.25, 0.3) is 0 Å². The monoisotopic (exact) mass is 413 g/mol. The fourth-order valence-corrected chi connectivity index (χ4v) is 2.89. The molecule has 21 heavy (non-hydrogen) atoms. The minimum Gasteiger partial charge on any atom is -0.490 e. The van der Waals surface area contributed by atoms with Crippen molar-refractivity contribution in [2.45, 2.75) is 25.0 Å². The summed E-state index contributed by atoms with van der Waals surface area (Å²) in [7, 11) is 1.96. The van der Waals surface area contributed by atoms with Crippen LogP contribution in [0.1, 0.15) is 30.0 Å². The third kappa shape index (κ3) is 3.71. The van der Waals surface area contributed by atoms with E-state index in [1.807, 2.05) is 31.3 Å². The maximum atomic E-state index is 6.25. The summed E-state index contributed by atoms with van der Waals surface area (Å²) in [5.41, 5.74) is 2.35. The molecule has 1 fully saturated rings. The van der Waals surface area contributed by atoms with Gasteiger partial charge in [0.15, 0.2) is 0 Å². The molecule has 2 nitrogen and oxygen atoms in total. The van der Waals surface area contributed by atoms with Crippen LogP contribution in [0, 0.1) is 3.57 Å². The molecule has 1 saturated carbocycles. The molecule has 1 N–H and O–H groups in total. The Morgan fingerprint density at radius 1 is 1.19 bits per heavy atom. The molecule has 2 aromatic rings. The number of nitrogens with one attached hydrogen (secondary N) is 1. The second-order valence-corrected chi connectivity index (χ2v) is 6.85. The molecule has 1 atom stereocenters. The number of benzene rings is 2. The summed E-state index contributed by atoms with van der Waals surface area (Å²) in [6.07, 6.45) is 2.76. The van der Waals surface area contributed by atoms with Crippen molar-refractivity contribution in [3.8, 4) is 5.75 Å². The lowest BCUT2D eigenvalue weighted by Crippen LogP contribution is -2.17. The van der Waals surface area contributed by atoms with Crippen LogP contribution in [0.5, 0.6) is 5.75 Å². The highest BCUT2D eigenvalue weighted by Gasteiger charge is 2.24. The molecule has 0 radical (unpaired) electrons. The molecular formula is C17H17ClINO. The Kier molecular flexibility index (Phi) is 4.72. The van der Waals surface area contributed by atoms with Crippen molar-refractivity contribution >= 4 is 34.2 Å². The average molecular weight is 414 g/mol. The fourth-order valence-electron chi connectivity index (χ4n) is 2.36. The lowest BCUT2D eigenvalue weighted by atomic mass is 9.99. The van der Waals surface area contributed by atoms with Gasteiger partial charge in [-0.15, -0.1) is 0 Å². The summed E-state index contributed by atoms with van der Waals surface area (Å²) in [6.45, 7) is 0. The minimum absolute atomic E-state index is 0.113. The van der Waals surface area contributed by atoms with Crippen molar-refractivity contribution in [2.24, 2.45) is 0 Å². The van der Waals surface area contributed by atoms with Crippen LogP contribution in [0.25, 0.3) is 0 Å². The van der Waals surface area contributed by atoms with Crippen molar-refractivity contribution in [3.63, 3.8) is 0 Å². The van der Waals surface area contributed by atoms with E-state index < -0.39 is 0 Å². The van der Waals surface area contributed by atoms with Crippen molar-refractivity contribution in [1.29, 1.82) is 0 Å². The van der Waals surface area contributed by atoms with E-state index in [2.05, 4.69) is 46.1 Å². The van der Waals surface area contributed by atoms with Gasteiger partial charge in [-0.25, -0.2) is 0 Å². The van der Waals surface area contributed by atoms with Crippen molar-refractivity contribution in [3.05, 3.63) is 62.2 Å². The smallest absolute Gasteiger partial charge is 0.120 e. The quantitative estimate of drug-likeness (QED) is 0.711. The lowest BCUT2D eigenvalue weighted by Gasteiger charge is -2.19. The van der Waals surface area contributed by atoms with Gasteiger partial charge in [-0.3, -0.25) is 0 Å². The Labute approximate surface area is 144 Å². The van der Waals surface area contributed by atoms with Crippen LogP contribution in [0.2, 0.25) is 5.02 Å². The maximum Gasteiger partial charge on any atom is 0.120 e. The zero-order valence-corrected chi connectivity index (χ0v) is 14.7. The van der Waals surface area contributed by atoms with Gasteiger partial charge in [-0.05, 0) is 77.9 Å². The molecule has 0 aliphatic heterocycles. The van der Waals surface area contributed by atoms with E-state index in [0.29, 0.717) is 6.10 Å². The highest BCUT2D eigenvalue weighted by Crippen LogP contribution is 2.31. The number of hydrogen-bond donors (Lipinski definition) is 1. The van der Waals surface area contributed by atoms with Crippen LogP contribution in [0.15, 0.2) is 42.5 Å². The molecule has 0 aromatic heterocycles. The zero-order chi connectivity index (χ0) is 14.8. The number of hydrogen-bond acceptors (Lipinski definition) is 2. The van der Waals surface area contributed by atoms with Gasteiger partial charge in [0.05, 0.1) is 17.2 Å². The minimum atomic E-state index is 0.113. The predicted molar refractivity (Wildman–Crippen MR) is 95.2 cm³/mol. The van der Waals surface area contributed by atoms with E-state index in [0.717, 1.165) is 19.9 Å². The first-order valence-corrected chi connectivity index (χ1v) is 8.52. The Bertz CT molecular complexity index is 642. The third-order valence-electron chi connectivity index (χ3n) is 3.58. The average Bonchev–Trinajstić information content (AvgIpc) is 3.28. The summed E-state index contributed by atoms with van der Waals surface area (Å²) < 4.78 is 6.95. The molecule has 3 rings (SSSR count). The topological polar surface area (TPSA) is 21.3 Å². The number of ether oxygens (including phenoxy) is 1. The van der Waals surface area contributed by atoms with Crippen LogP contribution in [-0.2, 0) is 0 Å². The van der Waals surface area contributed by atoms with Crippen LogP contribution < -0.4 is 10.1 Å². The lowest BCUT2D eigenvalue weighted by molar-refractivity contribution is 0.302. The summed E-state index contributed by atoms with van der Waals surface area (Å²) >= 11 is 8.50. The first-order chi connectivity index (χ1) is 10.2. The zero-order valence-electron chi connectivity index (χ0n) is 11.8. The van der Waals surface area contributed by atoms with Gasteiger partial charge in [0, 0.05) is 3.57 Å². The fraction of sp³-hybridized carbons (Fsp3) is 0.294. The first-order valence-electron chi connectivity index (χ1n) is 7.06. The van der Waals surface area contributed by atoms with E-state index in [1.54, 1.807) is 0 Å². The van der Waals surface area contributed by atoms with Gasteiger partial charge in [0.1, 0.15) is 5.75 Å². The van der Waals surface area contributed by atoms with Crippen LogP contribution in [0.4, 0.5) is 0 Å². The second kappa shape index (κ2) is 6.55. The van der Waals surface area contributed by atoms with Gasteiger partial charge in [-0.2, -0.15) is 0 Å². The summed E-state index contributed by atoms with van der Waals surface area (Å²) in [6, 6.07) is 14.6. The van der Waals surface area contributed by atoms with Gasteiger partial charge < -0.3 is 10.1 Å². The Balaban J connectivity index is 1.89.